The molecule has 0 saturated heterocycles. The molecule has 0 N–H and O–H groups in total. The summed E-state index contributed by atoms with van der Waals surface area (Å²) in [6.07, 6.45) is 1.68. The van der Waals surface area contributed by atoms with Gasteiger partial charge in [0.15, 0.2) is 0 Å². The van der Waals surface area contributed by atoms with E-state index in [9.17, 15) is 4.39 Å². The molecule has 0 radical (unpaired) electrons. The van der Waals surface area contributed by atoms with Crippen LogP contribution in [0, 0.1) is 5.82 Å². The molecule has 2 aromatic rings. The number of aromatic nitrogens is 2. The first-order valence-electron chi connectivity index (χ1n) is 4.98. The van der Waals surface area contributed by atoms with Gasteiger partial charge in [0.05, 0.1) is 4.47 Å². The maximum absolute atomic E-state index is 13.3. The molecular formula is C11H10BrFN2O. The Bertz CT molecular complexity index is 498. The van der Waals surface area contributed by atoms with Crippen LogP contribution in [-0.4, -0.2) is 10.2 Å². The molecule has 0 atom stereocenters. The summed E-state index contributed by atoms with van der Waals surface area (Å²) in [6, 6.07) is 4.72. The first-order chi connectivity index (χ1) is 7.70. The summed E-state index contributed by atoms with van der Waals surface area (Å²) in [7, 11) is 0. The fourth-order valence-electron chi connectivity index (χ4n) is 1.31. The predicted molar refractivity (Wildman–Crippen MR) is 61.4 cm³/mol. The summed E-state index contributed by atoms with van der Waals surface area (Å²) in [5.41, 5.74) is 0.593. The van der Waals surface area contributed by atoms with Crippen molar-refractivity contribution in [2.24, 2.45) is 0 Å². The van der Waals surface area contributed by atoms with Gasteiger partial charge in [-0.2, -0.15) is 0 Å². The zero-order valence-electron chi connectivity index (χ0n) is 8.70. The number of hydrogen-bond acceptors (Lipinski definition) is 3. The zero-order valence-corrected chi connectivity index (χ0v) is 10.3. The van der Waals surface area contributed by atoms with E-state index < -0.39 is 0 Å². The van der Waals surface area contributed by atoms with Gasteiger partial charge in [-0.15, -0.1) is 10.2 Å². The zero-order chi connectivity index (χ0) is 11.5. The van der Waals surface area contributed by atoms with Crippen LogP contribution in [0.5, 0.6) is 0 Å². The Balaban J connectivity index is 2.31. The predicted octanol–water partition coefficient (Wildman–Crippen LogP) is 3.59. The van der Waals surface area contributed by atoms with Crippen LogP contribution < -0.4 is 0 Å². The first kappa shape index (κ1) is 11.3. The van der Waals surface area contributed by atoms with Crippen LogP contribution in [0.25, 0.3) is 11.5 Å². The molecule has 1 aromatic carbocycles. The second-order valence-electron chi connectivity index (χ2n) is 3.38. The Morgan fingerprint density at radius 2 is 2.19 bits per heavy atom. The lowest BCUT2D eigenvalue weighted by molar-refractivity contribution is 0.501. The molecule has 0 aliphatic heterocycles. The first-order valence-corrected chi connectivity index (χ1v) is 5.78. The van der Waals surface area contributed by atoms with E-state index >= 15 is 0 Å². The van der Waals surface area contributed by atoms with Crippen molar-refractivity contribution in [3.63, 3.8) is 0 Å². The second kappa shape index (κ2) is 4.74. The van der Waals surface area contributed by atoms with Gasteiger partial charge >= 0.3 is 0 Å². The van der Waals surface area contributed by atoms with Crippen LogP contribution in [0.2, 0.25) is 0 Å². The van der Waals surface area contributed by atoms with Crippen molar-refractivity contribution in [2.45, 2.75) is 19.8 Å². The molecule has 1 heterocycles. The molecular weight excluding hydrogens is 275 g/mol. The molecule has 5 heteroatoms. The summed E-state index contributed by atoms with van der Waals surface area (Å²) in [5, 5.41) is 7.76. The highest BCUT2D eigenvalue weighted by Gasteiger charge is 2.09. The Morgan fingerprint density at radius 3 is 2.88 bits per heavy atom. The minimum Gasteiger partial charge on any atom is -0.421 e. The van der Waals surface area contributed by atoms with Gasteiger partial charge in [-0.1, -0.05) is 6.92 Å². The van der Waals surface area contributed by atoms with Gasteiger partial charge in [-0.3, -0.25) is 0 Å². The molecule has 16 heavy (non-hydrogen) atoms. The third-order valence-electron chi connectivity index (χ3n) is 2.10. The van der Waals surface area contributed by atoms with Crippen molar-refractivity contribution < 1.29 is 8.81 Å². The molecule has 0 unspecified atom stereocenters. The summed E-state index contributed by atoms with van der Waals surface area (Å²) < 4.78 is 19.1. The van der Waals surface area contributed by atoms with Gasteiger partial charge in [0.1, 0.15) is 5.82 Å². The van der Waals surface area contributed by atoms with E-state index in [2.05, 4.69) is 26.1 Å². The Hall–Kier alpha value is -1.23. The van der Waals surface area contributed by atoms with Gasteiger partial charge in [-0.05, 0) is 40.5 Å². The van der Waals surface area contributed by atoms with Crippen LogP contribution in [0.15, 0.2) is 27.1 Å². The second-order valence-corrected chi connectivity index (χ2v) is 4.23. The fraction of sp³-hybridized carbons (Fsp3) is 0.273. The van der Waals surface area contributed by atoms with Crippen molar-refractivity contribution in [1.29, 1.82) is 0 Å². The normalized spacial score (nSPS) is 10.7. The summed E-state index contributed by atoms with van der Waals surface area (Å²) in [4.78, 5) is 0. The quantitative estimate of drug-likeness (QED) is 0.865. The molecule has 0 saturated carbocycles. The molecule has 0 aliphatic carbocycles. The van der Waals surface area contributed by atoms with Gasteiger partial charge in [-0.25, -0.2) is 4.39 Å². The van der Waals surface area contributed by atoms with Crippen LogP contribution in [0.1, 0.15) is 19.2 Å². The SMILES string of the molecule is CCCc1nnc(-c2ccc(Br)c(F)c2)o1. The molecule has 0 amide bonds. The molecule has 0 fully saturated rings. The maximum atomic E-state index is 13.3. The van der Waals surface area contributed by atoms with E-state index in [-0.39, 0.29) is 5.82 Å². The van der Waals surface area contributed by atoms with E-state index in [0.29, 0.717) is 21.8 Å². The Labute approximate surface area is 101 Å². The van der Waals surface area contributed by atoms with Gasteiger partial charge in [0, 0.05) is 12.0 Å². The highest BCUT2D eigenvalue weighted by Crippen LogP contribution is 2.23. The topological polar surface area (TPSA) is 38.9 Å². The highest BCUT2D eigenvalue weighted by atomic mass is 79.9. The summed E-state index contributed by atoms with van der Waals surface area (Å²) in [5.74, 6) is 0.600. The van der Waals surface area contributed by atoms with E-state index in [4.69, 9.17) is 4.42 Å². The van der Waals surface area contributed by atoms with Crippen molar-refractivity contribution in [2.75, 3.05) is 0 Å². The maximum Gasteiger partial charge on any atom is 0.247 e. The lowest BCUT2D eigenvalue weighted by atomic mass is 10.2. The van der Waals surface area contributed by atoms with E-state index in [1.807, 2.05) is 6.92 Å². The molecule has 2 rings (SSSR count). The third kappa shape index (κ3) is 2.29. The smallest absolute Gasteiger partial charge is 0.247 e. The van der Waals surface area contributed by atoms with Crippen LogP contribution in [0.4, 0.5) is 4.39 Å². The average molecular weight is 285 g/mol. The molecule has 3 nitrogen and oxygen atoms in total. The number of halogens is 2. The van der Waals surface area contributed by atoms with E-state index in [0.717, 1.165) is 12.8 Å². The number of benzene rings is 1. The molecule has 1 aromatic heterocycles. The third-order valence-corrected chi connectivity index (χ3v) is 2.74. The lowest BCUT2D eigenvalue weighted by Crippen LogP contribution is -1.81. The fourth-order valence-corrected chi connectivity index (χ4v) is 1.56. The van der Waals surface area contributed by atoms with Crippen LogP contribution in [-0.2, 0) is 6.42 Å². The largest absolute Gasteiger partial charge is 0.421 e. The number of nitrogens with zero attached hydrogens (tertiary/aromatic N) is 2. The molecule has 0 aliphatic rings. The van der Waals surface area contributed by atoms with Gasteiger partial charge in [0.25, 0.3) is 0 Å². The molecule has 84 valence electrons. The average Bonchev–Trinajstić information content (AvgIpc) is 2.71. The monoisotopic (exact) mass is 284 g/mol. The number of aryl methyl sites for hydroxylation is 1. The summed E-state index contributed by atoms with van der Waals surface area (Å²) >= 11 is 3.09. The summed E-state index contributed by atoms with van der Waals surface area (Å²) in [6.45, 7) is 2.03. The Kier molecular flexibility index (Phi) is 3.33. The standard InChI is InChI=1S/C11H10BrFN2O/c1-2-3-10-14-15-11(16-10)7-4-5-8(12)9(13)6-7/h4-6H,2-3H2,1H3. The number of rotatable bonds is 3. The Morgan fingerprint density at radius 1 is 1.38 bits per heavy atom. The minimum atomic E-state index is -0.340. The molecule has 0 spiro atoms. The van der Waals surface area contributed by atoms with Crippen LogP contribution in [0.3, 0.4) is 0 Å². The van der Waals surface area contributed by atoms with Gasteiger partial charge < -0.3 is 4.42 Å². The number of hydrogen-bond donors (Lipinski definition) is 0. The van der Waals surface area contributed by atoms with Crippen molar-refractivity contribution in [3.8, 4) is 11.5 Å². The lowest BCUT2D eigenvalue weighted by Gasteiger charge is -1.96. The minimum absolute atomic E-state index is 0.340. The van der Waals surface area contributed by atoms with E-state index in [1.54, 1.807) is 12.1 Å². The van der Waals surface area contributed by atoms with Crippen LogP contribution >= 0.6 is 15.9 Å². The van der Waals surface area contributed by atoms with Crippen molar-refractivity contribution >= 4 is 15.9 Å². The van der Waals surface area contributed by atoms with Crippen molar-refractivity contribution in [1.82, 2.24) is 10.2 Å². The van der Waals surface area contributed by atoms with E-state index in [1.165, 1.54) is 6.07 Å². The van der Waals surface area contributed by atoms with Gasteiger partial charge in [0.2, 0.25) is 11.8 Å². The highest BCUT2D eigenvalue weighted by molar-refractivity contribution is 9.10. The van der Waals surface area contributed by atoms with Crippen molar-refractivity contribution in [3.05, 3.63) is 34.4 Å². The molecule has 0 bridgehead atoms.